The second-order valence-corrected chi connectivity index (χ2v) is 4.30. The molecule has 0 radical (unpaired) electrons. The molecule has 0 aliphatic carbocycles. The highest BCUT2D eigenvalue weighted by atomic mass is 79.9. The SMILES string of the molecule is COC(=O)N(c1ccccc1)C(CCBr)C(=O)O. The molecule has 1 atom stereocenters. The molecule has 0 aliphatic rings. The Labute approximate surface area is 113 Å². The number of amides is 1. The minimum atomic E-state index is -1.07. The lowest BCUT2D eigenvalue weighted by Gasteiger charge is -2.27. The van der Waals surface area contributed by atoms with Crippen LogP contribution in [0.25, 0.3) is 0 Å². The lowest BCUT2D eigenvalue weighted by atomic mass is 10.1. The fraction of sp³-hybridized carbons (Fsp3) is 0.333. The summed E-state index contributed by atoms with van der Waals surface area (Å²) in [6.07, 6.45) is -0.395. The molecule has 1 unspecified atom stereocenters. The van der Waals surface area contributed by atoms with Gasteiger partial charge in [-0.2, -0.15) is 0 Å². The van der Waals surface area contributed by atoms with Gasteiger partial charge in [0.2, 0.25) is 0 Å². The van der Waals surface area contributed by atoms with Crippen LogP contribution in [0.15, 0.2) is 30.3 Å². The van der Waals surface area contributed by atoms with Gasteiger partial charge in [0.15, 0.2) is 0 Å². The van der Waals surface area contributed by atoms with Gasteiger partial charge in [-0.25, -0.2) is 9.59 Å². The number of hydrogen-bond acceptors (Lipinski definition) is 3. The normalized spacial score (nSPS) is 11.7. The fourth-order valence-electron chi connectivity index (χ4n) is 1.57. The summed E-state index contributed by atoms with van der Waals surface area (Å²) in [5.41, 5.74) is 0.498. The predicted octanol–water partition coefficient (Wildman–Crippen LogP) is 2.50. The number of rotatable bonds is 5. The van der Waals surface area contributed by atoms with Crippen molar-refractivity contribution in [2.75, 3.05) is 17.3 Å². The smallest absolute Gasteiger partial charge is 0.414 e. The standard InChI is InChI=1S/C12H14BrNO4/c1-18-12(17)14(9-5-3-2-4-6-9)10(7-8-13)11(15)16/h2-6,10H,7-8H2,1H3,(H,15,16). The van der Waals surface area contributed by atoms with Crippen molar-refractivity contribution in [1.29, 1.82) is 0 Å². The summed E-state index contributed by atoms with van der Waals surface area (Å²) in [7, 11) is 1.23. The predicted molar refractivity (Wildman–Crippen MR) is 71.2 cm³/mol. The van der Waals surface area contributed by atoms with Crippen molar-refractivity contribution in [2.45, 2.75) is 12.5 Å². The van der Waals surface area contributed by atoms with E-state index in [0.29, 0.717) is 17.4 Å². The Hall–Kier alpha value is -1.56. The third-order valence-electron chi connectivity index (χ3n) is 2.38. The summed E-state index contributed by atoms with van der Waals surface area (Å²) in [5.74, 6) is -1.07. The Bertz CT molecular complexity index is 410. The van der Waals surface area contributed by atoms with Gasteiger partial charge in [0.25, 0.3) is 0 Å². The maximum absolute atomic E-state index is 11.8. The first kappa shape index (κ1) is 14.5. The Kier molecular flexibility index (Phi) is 5.64. The van der Waals surface area contributed by atoms with E-state index in [0.717, 1.165) is 4.90 Å². The molecule has 0 aliphatic heterocycles. The summed E-state index contributed by atoms with van der Waals surface area (Å²) in [6.45, 7) is 0. The molecule has 6 heteroatoms. The molecule has 18 heavy (non-hydrogen) atoms. The minimum Gasteiger partial charge on any atom is -0.480 e. The summed E-state index contributed by atoms with van der Waals surface area (Å²) in [5, 5.41) is 9.69. The lowest BCUT2D eigenvalue weighted by Crippen LogP contribution is -2.45. The molecule has 98 valence electrons. The number of carbonyl (C=O) groups is 2. The maximum atomic E-state index is 11.8. The number of carboxylic acids is 1. The summed E-state index contributed by atoms with van der Waals surface area (Å²) in [6, 6.07) is 7.64. The number of para-hydroxylation sites is 1. The molecule has 1 aromatic rings. The third kappa shape index (κ3) is 3.46. The van der Waals surface area contributed by atoms with Gasteiger partial charge in [0.05, 0.1) is 7.11 Å². The van der Waals surface area contributed by atoms with E-state index in [1.807, 2.05) is 0 Å². The molecule has 0 fully saturated rings. The zero-order valence-corrected chi connectivity index (χ0v) is 11.5. The quantitative estimate of drug-likeness (QED) is 0.848. The molecule has 1 amide bonds. The number of hydrogen-bond donors (Lipinski definition) is 1. The topological polar surface area (TPSA) is 66.8 Å². The van der Waals surface area contributed by atoms with Gasteiger partial charge in [-0.1, -0.05) is 34.1 Å². The Morgan fingerprint density at radius 2 is 2.00 bits per heavy atom. The Morgan fingerprint density at radius 1 is 1.39 bits per heavy atom. The second kappa shape index (κ2) is 7.00. The summed E-state index contributed by atoms with van der Waals surface area (Å²) < 4.78 is 4.65. The van der Waals surface area contributed by atoms with Crippen LogP contribution in [0, 0.1) is 0 Å². The molecule has 0 heterocycles. The van der Waals surface area contributed by atoms with E-state index in [1.54, 1.807) is 30.3 Å². The van der Waals surface area contributed by atoms with Gasteiger partial charge in [0, 0.05) is 11.0 Å². The zero-order chi connectivity index (χ0) is 13.5. The van der Waals surface area contributed by atoms with Gasteiger partial charge in [0.1, 0.15) is 6.04 Å². The number of alkyl halides is 1. The van der Waals surface area contributed by atoms with E-state index in [4.69, 9.17) is 0 Å². The zero-order valence-electron chi connectivity index (χ0n) is 9.88. The second-order valence-electron chi connectivity index (χ2n) is 3.51. The Balaban J connectivity index is 3.11. The number of anilines is 1. The number of halogens is 1. The van der Waals surface area contributed by atoms with E-state index >= 15 is 0 Å². The minimum absolute atomic E-state index is 0.291. The number of benzene rings is 1. The van der Waals surface area contributed by atoms with Crippen LogP contribution in [0.4, 0.5) is 10.5 Å². The van der Waals surface area contributed by atoms with Crippen molar-refractivity contribution >= 4 is 33.7 Å². The summed E-state index contributed by atoms with van der Waals surface area (Å²) in [4.78, 5) is 24.2. The molecule has 0 saturated heterocycles. The monoisotopic (exact) mass is 315 g/mol. The van der Waals surface area contributed by atoms with Crippen LogP contribution in [0.2, 0.25) is 0 Å². The molecule has 0 bridgehead atoms. The van der Waals surface area contributed by atoms with E-state index in [9.17, 15) is 14.7 Å². The average molecular weight is 316 g/mol. The lowest BCUT2D eigenvalue weighted by molar-refractivity contribution is -0.138. The van der Waals surface area contributed by atoms with Crippen molar-refractivity contribution in [3.63, 3.8) is 0 Å². The first-order chi connectivity index (χ1) is 8.61. The maximum Gasteiger partial charge on any atom is 0.414 e. The van der Waals surface area contributed by atoms with Crippen LogP contribution in [0.3, 0.4) is 0 Å². The highest BCUT2D eigenvalue weighted by molar-refractivity contribution is 9.09. The van der Waals surface area contributed by atoms with Crippen LogP contribution in [-0.2, 0) is 9.53 Å². The number of nitrogens with zero attached hydrogens (tertiary/aromatic N) is 1. The molecule has 5 nitrogen and oxygen atoms in total. The fourth-order valence-corrected chi connectivity index (χ4v) is 2.00. The first-order valence-electron chi connectivity index (χ1n) is 5.32. The van der Waals surface area contributed by atoms with Crippen molar-refractivity contribution in [3.8, 4) is 0 Å². The first-order valence-corrected chi connectivity index (χ1v) is 6.45. The highest BCUT2D eigenvalue weighted by Crippen LogP contribution is 2.20. The molecular formula is C12H14BrNO4. The van der Waals surface area contributed by atoms with Crippen LogP contribution >= 0.6 is 15.9 Å². The molecule has 1 aromatic carbocycles. The van der Waals surface area contributed by atoms with Gasteiger partial charge in [-0.3, -0.25) is 4.90 Å². The van der Waals surface area contributed by atoms with Crippen molar-refractivity contribution < 1.29 is 19.4 Å². The molecular weight excluding hydrogens is 302 g/mol. The molecule has 1 N–H and O–H groups in total. The Morgan fingerprint density at radius 3 is 2.44 bits per heavy atom. The average Bonchev–Trinajstić information content (AvgIpc) is 2.39. The highest BCUT2D eigenvalue weighted by Gasteiger charge is 2.31. The van der Waals surface area contributed by atoms with Crippen LogP contribution in [-0.4, -0.2) is 35.7 Å². The molecule has 0 spiro atoms. The third-order valence-corrected chi connectivity index (χ3v) is 2.84. The van der Waals surface area contributed by atoms with Gasteiger partial charge < -0.3 is 9.84 Å². The van der Waals surface area contributed by atoms with Crippen molar-refractivity contribution in [3.05, 3.63) is 30.3 Å². The van der Waals surface area contributed by atoms with E-state index in [1.165, 1.54) is 7.11 Å². The molecule has 0 saturated carbocycles. The van der Waals surface area contributed by atoms with Gasteiger partial charge in [-0.05, 0) is 18.6 Å². The molecule has 1 rings (SSSR count). The van der Waals surface area contributed by atoms with Crippen LogP contribution in [0.5, 0.6) is 0 Å². The largest absolute Gasteiger partial charge is 0.480 e. The van der Waals surface area contributed by atoms with Gasteiger partial charge in [-0.15, -0.1) is 0 Å². The van der Waals surface area contributed by atoms with E-state index in [2.05, 4.69) is 20.7 Å². The van der Waals surface area contributed by atoms with E-state index in [-0.39, 0.29) is 0 Å². The van der Waals surface area contributed by atoms with Crippen LogP contribution < -0.4 is 4.90 Å². The number of carboxylic acid groups (broad SMARTS) is 1. The van der Waals surface area contributed by atoms with Crippen LogP contribution in [0.1, 0.15) is 6.42 Å². The number of aliphatic carboxylic acids is 1. The number of methoxy groups -OCH3 is 1. The summed E-state index contributed by atoms with van der Waals surface area (Å²) >= 11 is 3.19. The van der Waals surface area contributed by atoms with Gasteiger partial charge >= 0.3 is 12.1 Å². The van der Waals surface area contributed by atoms with Crippen molar-refractivity contribution in [2.24, 2.45) is 0 Å². The number of carbonyl (C=O) groups excluding carboxylic acids is 1. The van der Waals surface area contributed by atoms with E-state index < -0.39 is 18.1 Å². The molecule has 0 aromatic heterocycles. The number of ether oxygens (including phenoxy) is 1. The van der Waals surface area contributed by atoms with Crippen molar-refractivity contribution in [1.82, 2.24) is 0 Å².